The predicted octanol–water partition coefficient (Wildman–Crippen LogP) is 21.7. The van der Waals surface area contributed by atoms with E-state index in [-0.39, 0.29) is 31.1 Å². The zero-order valence-electron chi connectivity index (χ0n) is 48.7. The lowest BCUT2D eigenvalue weighted by molar-refractivity contribution is -0.167. The third-order valence-corrected chi connectivity index (χ3v) is 15.4. The highest BCUT2D eigenvalue weighted by molar-refractivity contribution is 5.71. The summed E-state index contributed by atoms with van der Waals surface area (Å²) in [6.07, 6.45) is 66.7. The molecule has 0 radical (unpaired) electrons. The number of hydrogen-bond donors (Lipinski definition) is 0. The monoisotopic (exact) mass is 1000 g/mol. The lowest BCUT2D eigenvalue weighted by atomic mass is 9.99. The van der Waals surface area contributed by atoms with Crippen molar-refractivity contribution >= 4 is 17.9 Å². The van der Waals surface area contributed by atoms with Crippen LogP contribution in [0.25, 0.3) is 0 Å². The Morgan fingerprint density at radius 2 is 0.493 bits per heavy atom. The molecule has 6 nitrogen and oxygen atoms in total. The molecular weight excluding hydrogens is 877 g/mol. The van der Waals surface area contributed by atoms with Crippen molar-refractivity contribution in [2.24, 2.45) is 5.92 Å². The maximum Gasteiger partial charge on any atom is 0.306 e. The van der Waals surface area contributed by atoms with Crippen molar-refractivity contribution in [3.8, 4) is 0 Å². The lowest BCUT2D eigenvalue weighted by Gasteiger charge is -2.18. The number of carbonyl (C=O) groups excluding carboxylic acids is 3. The van der Waals surface area contributed by atoms with E-state index in [1.54, 1.807) is 0 Å². The molecule has 0 heterocycles. The Kier molecular flexibility index (Phi) is 58.0. The van der Waals surface area contributed by atoms with Gasteiger partial charge in [-0.25, -0.2) is 0 Å². The van der Waals surface area contributed by atoms with Gasteiger partial charge in [0.1, 0.15) is 13.2 Å². The van der Waals surface area contributed by atoms with Crippen LogP contribution in [-0.2, 0) is 28.6 Å². The Morgan fingerprint density at radius 3 is 0.732 bits per heavy atom. The molecule has 0 saturated heterocycles. The number of rotatable bonds is 60. The number of unbranched alkanes of at least 4 members (excludes halogenated alkanes) is 46. The minimum Gasteiger partial charge on any atom is -0.462 e. The Balaban J connectivity index is 4.22. The van der Waals surface area contributed by atoms with E-state index in [0.717, 1.165) is 63.7 Å². The molecule has 0 aromatic carbocycles. The summed E-state index contributed by atoms with van der Waals surface area (Å²) in [5.41, 5.74) is 0. The standard InChI is InChI=1S/C65H126O6/c1-5-8-10-12-14-16-18-20-21-22-26-29-33-36-40-44-48-52-56-63(66)69-59-62(71-65(68)58-54-50-46-42-38-31-19-17-15-13-11-9-6-2)60-70-64(67)57-53-49-45-41-37-34-30-27-24-23-25-28-32-35-39-43-47-51-55-61(4)7-3/h61-62H,5-60H2,1-4H3/t61?,62-/m1/s1. The first-order chi connectivity index (χ1) is 34.9. The third kappa shape index (κ3) is 57.5. The van der Waals surface area contributed by atoms with Crippen molar-refractivity contribution < 1.29 is 28.6 Å². The van der Waals surface area contributed by atoms with Gasteiger partial charge in [0.15, 0.2) is 6.10 Å². The van der Waals surface area contributed by atoms with Crippen LogP contribution in [0.15, 0.2) is 0 Å². The zero-order valence-corrected chi connectivity index (χ0v) is 48.7. The van der Waals surface area contributed by atoms with Gasteiger partial charge < -0.3 is 14.2 Å². The molecule has 0 spiro atoms. The second-order valence-electron chi connectivity index (χ2n) is 22.6. The molecule has 71 heavy (non-hydrogen) atoms. The quantitative estimate of drug-likeness (QED) is 0.0343. The Morgan fingerprint density at radius 1 is 0.282 bits per heavy atom. The Bertz CT molecular complexity index is 1080. The molecule has 0 N–H and O–H groups in total. The summed E-state index contributed by atoms with van der Waals surface area (Å²) in [6.45, 7) is 9.13. The normalized spacial score (nSPS) is 12.3. The molecule has 1 unspecified atom stereocenters. The number of hydrogen-bond acceptors (Lipinski definition) is 6. The molecule has 0 fully saturated rings. The summed E-state index contributed by atoms with van der Waals surface area (Å²) >= 11 is 0. The predicted molar refractivity (Wildman–Crippen MR) is 307 cm³/mol. The van der Waals surface area contributed by atoms with Crippen molar-refractivity contribution in [1.82, 2.24) is 0 Å². The first-order valence-corrected chi connectivity index (χ1v) is 32.4. The first kappa shape index (κ1) is 69.4. The molecule has 0 amide bonds. The second-order valence-corrected chi connectivity index (χ2v) is 22.6. The van der Waals surface area contributed by atoms with Gasteiger partial charge in [0.25, 0.3) is 0 Å². The summed E-state index contributed by atoms with van der Waals surface area (Å²) in [4.78, 5) is 38.3. The minimum atomic E-state index is -0.762. The van der Waals surface area contributed by atoms with Crippen LogP contribution in [0, 0.1) is 5.92 Å². The van der Waals surface area contributed by atoms with E-state index in [1.165, 1.54) is 270 Å². The fourth-order valence-electron chi connectivity index (χ4n) is 10.1. The van der Waals surface area contributed by atoms with Gasteiger partial charge in [0.2, 0.25) is 0 Å². The maximum absolute atomic E-state index is 12.9. The van der Waals surface area contributed by atoms with Crippen molar-refractivity contribution in [3.05, 3.63) is 0 Å². The molecule has 0 saturated carbocycles. The van der Waals surface area contributed by atoms with Gasteiger partial charge in [0, 0.05) is 19.3 Å². The summed E-state index contributed by atoms with van der Waals surface area (Å²) in [5, 5.41) is 0. The number of esters is 3. The summed E-state index contributed by atoms with van der Waals surface area (Å²) in [6, 6.07) is 0. The van der Waals surface area contributed by atoms with Crippen LogP contribution in [0.4, 0.5) is 0 Å². The van der Waals surface area contributed by atoms with Crippen molar-refractivity contribution in [2.45, 2.75) is 381 Å². The summed E-state index contributed by atoms with van der Waals surface area (Å²) in [7, 11) is 0. The van der Waals surface area contributed by atoms with E-state index in [2.05, 4.69) is 27.7 Å². The first-order valence-electron chi connectivity index (χ1n) is 32.4. The van der Waals surface area contributed by atoms with Gasteiger partial charge in [-0.05, 0) is 25.2 Å². The smallest absolute Gasteiger partial charge is 0.306 e. The van der Waals surface area contributed by atoms with Gasteiger partial charge in [-0.1, -0.05) is 336 Å². The molecule has 0 aromatic rings. The van der Waals surface area contributed by atoms with E-state index in [1.807, 2.05) is 0 Å². The van der Waals surface area contributed by atoms with Crippen LogP contribution < -0.4 is 0 Å². The van der Waals surface area contributed by atoms with Crippen LogP contribution in [0.5, 0.6) is 0 Å². The van der Waals surface area contributed by atoms with Crippen LogP contribution in [0.1, 0.15) is 374 Å². The topological polar surface area (TPSA) is 78.9 Å². The van der Waals surface area contributed by atoms with Gasteiger partial charge in [-0.3, -0.25) is 14.4 Å². The molecule has 0 bridgehead atoms. The highest BCUT2D eigenvalue weighted by Gasteiger charge is 2.19. The third-order valence-electron chi connectivity index (χ3n) is 15.4. The summed E-state index contributed by atoms with van der Waals surface area (Å²) < 4.78 is 17.0. The molecule has 0 aliphatic rings. The Hall–Kier alpha value is -1.59. The summed E-state index contributed by atoms with van der Waals surface area (Å²) in [5.74, 6) is 0.0829. The van der Waals surface area contributed by atoms with E-state index in [0.29, 0.717) is 19.3 Å². The molecule has 6 heteroatoms. The van der Waals surface area contributed by atoms with E-state index in [4.69, 9.17) is 14.2 Å². The fraction of sp³-hybridized carbons (Fsp3) is 0.954. The molecule has 0 aliphatic heterocycles. The highest BCUT2D eigenvalue weighted by Crippen LogP contribution is 2.19. The SMILES string of the molecule is CCCCCCCCCCCCCCCCCCCCC(=O)OC[C@H](COC(=O)CCCCCCCCCCCCCCCCCCCCC(C)CC)OC(=O)CCCCCCCCCCCCCCC. The molecule has 422 valence electrons. The fourth-order valence-corrected chi connectivity index (χ4v) is 10.1. The largest absolute Gasteiger partial charge is 0.462 e. The zero-order chi connectivity index (χ0) is 51.6. The molecule has 2 atom stereocenters. The average Bonchev–Trinajstić information content (AvgIpc) is 3.37. The number of ether oxygens (including phenoxy) is 3. The average molecular weight is 1000 g/mol. The van der Waals surface area contributed by atoms with E-state index >= 15 is 0 Å². The maximum atomic E-state index is 12.9. The van der Waals surface area contributed by atoms with Gasteiger partial charge in [0.05, 0.1) is 0 Å². The highest BCUT2D eigenvalue weighted by atomic mass is 16.6. The van der Waals surface area contributed by atoms with Crippen LogP contribution >= 0.6 is 0 Å². The van der Waals surface area contributed by atoms with E-state index < -0.39 is 6.10 Å². The van der Waals surface area contributed by atoms with Gasteiger partial charge in [-0.2, -0.15) is 0 Å². The van der Waals surface area contributed by atoms with Crippen molar-refractivity contribution in [3.63, 3.8) is 0 Å². The van der Waals surface area contributed by atoms with Crippen LogP contribution in [-0.4, -0.2) is 37.2 Å². The van der Waals surface area contributed by atoms with Crippen molar-refractivity contribution in [2.75, 3.05) is 13.2 Å². The van der Waals surface area contributed by atoms with Crippen molar-refractivity contribution in [1.29, 1.82) is 0 Å². The molecule has 0 aliphatic carbocycles. The molecular formula is C65H126O6. The Labute approximate surface area is 444 Å². The molecule has 0 rings (SSSR count). The van der Waals surface area contributed by atoms with Crippen LogP contribution in [0.2, 0.25) is 0 Å². The number of carbonyl (C=O) groups is 3. The minimum absolute atomic E-state index is 0.0611. The van der Waals surface area contributed by atoms with Gasteiger partial charge >= 0.3 is 17.9 Å². The second kappa shape index (κ2) is 59.3. The van der Waals surface area contributed by atoms with E-state index in [9.17, 15) is 14.4 Å². The lowest BCUT2D eigenvalue weighted by Crippen LogP contribution is -2.30. The van der Waals surface area contributed by atoms with Crippen LogP contribution in [0.3, 0.4) is 0 Å². The van der Waals surface area contributed by atoms with Gasteiger partial charge in [-0.15, -0.1) is 0 Å². The molecule has 0 aromatic heterocycles.